The van der Waals surface area contributed by atoms with Crippen LogP contribution in [0.25, 0.3) is 0 Å². The van der Waals surface area contributed by atoms with E-state index in [1.165, 1.54) is 31.4 Å². The molecule has 1 aromatic heterocycles. The summed E-state index contributed by atoms with van der Waals surface area (Å²) in [6, 6.07) is 2.95. The van der Waals surface area contributed by atoms with Gasteiger partial charge in [0.1, 0.15) is 0 Å². The van der Waals surface area contributed by atoms with Crippen LogP contribution in [0, 0.1) is 18.8 Å². The Kier molecular flexibility index (Phi) is 2.51. The molecule has 0 aliphatic heterocycles. The highest BCUT2D eigenvalue weighted by atomic mass is 15.3. The fourth-order valence-electron chi connectivity index (χ4n) is 3.56. The Labute approximate surface area is 97.2 Å². The van der Waals surface area contributed by atoms with Gasteiger partial charge < -0.3 is 5.32 Å². The maximum absolute atomic E-state index is 4.38. The summed E-state index contributed by atoms with van der Waals surface area (Å²) in [6.45, 7) is 3.03. The molecule has 2 bridgehead atoms. The first-order chi connectivity index (χ1) is 7.72. The lowest BCUT2D eigenvalue weighted by Gasteiger charge is -2.22. The Bertz CT molecular complexity index is 383. The Morgan fingerprint density at radius 1 is 1.44 bits per heavy atom. The smallest absolute Gasteiger partial charge is 0.0597 e. The average Bonchev–Trinajstić information content (AvgIpc) is 2.91. The maximum atomic E-state index is 4.38. The van der Waals surface area contributed by atoms with Gasteiger partial charge in [-0.3, -0.25) is 4.68 Å². The van der Waals surface area contributed by atoms with Crippen LogP contribution in [0.5, 0.6) is 0 Å². The number of aryl methyl sites for hydroxylation is 2. The second-order valence-corrected chi connectivity index (χ2v) is 5.56. The number of hydrogen-bond acceptors (Lipinski definition) is 2. The van der Waals surface area contributed by atoms with E-state index in [-0.39, 0.29) is 0 Å². The molecular formula is C13H21N3. The van der Waals surface area contributed by atoms with Crippen LogP contribution in [0.3, 0.4) is 0 Å². The summed E-state index contributed by atoms with van der Waals surface area (Å²) in [5.41, 5.74) is 2.42. The van der Waals surface area contributed by atoms with Crippen molar-refractivity contribution < 1.29 is 0 Å². The molecule has 3 atom stereocenters. The molecule has 88 valence electrons. The van der Waals surface area contributed by atoms with Crippen molar-refractivity contribution in [2.45, 2.75) is 45.2 Å². The summed E-state index contributed by atoms with van der Waals surface area (Å²) in [5.74, 6) is 1.98. The van der Waals surface area contributed by atoms with Gasteiger partial charge in [0.2, 0.25) is 0 Å². The molecule has 0 spiro atoms. The summed E-state index contributed by atoms with van der Waals surface area (Å²) in [7, 11) is 2.03. The van der Waals surface area contributed by atoms with E-state index in [0.29, 0.717) is 0 Å². The van der Waals surface area contributed by atoms with Crippen molar-refractivity contribution in [2.75, 3.05) is 0 Å². The van der Waals surface area contributed by atoms with Crippen LogP contribution in [-0.4, -0.2) is 15.8 Å². The minimum absolute atomic E-state index is 0.772. The van der Waals surface area contributed by atoms with Gasteiger partial charge in [0, 0.05) is 19.6 Å². The molecule has 3 rings (SSSR count). The van der Waals surface area contributed by atoms with Crippen LogP contribution in [0.1, 0.15) is 37.1 Å². The minimum atomic E-state index is 0.772. The zero-order valence-electron chi connectivity index (χ0n) is 10.2. The van der Waals surface area contributed by atoms with Crippen LogP contribution in [-0.2, 0) is 13.6 Å². The van der Waals surface area contributed by atoms with Gasteiger partial charge in [-0.05, 0) is 44.1 Å². The third-order valence-electron chi connectivity index (χ3n) is 4.38. The van der Waals surface area contributed by atoms with E-state index >= 15 is 0 Å². The summed E-state index contributed by atoms with van der Waals surface area (Å²) in [4.78, 5) is 0. The fourth-order valence-corrected chi connectivity index (χ4v) is 3.56. The molecule has 2 fully saturated rings. The molecule has 2 aliphatic carbocycles. The maximum Gasteiger partial charge on any atom is 0.0597 e. The van der Waals surface area contributed by atoms with E-state index in [1.807, 2.05) is 11.7 Å². The second kappa shape index (κ2) is 3.88. The van der Waals surface area contributed by atoms with Gasteiger partial charge in [0.15, 0.2) is 0 Å². The van der Waals surface area contributed by atoms with E-state index in [9.17, 15) is 0 Å². The minimum Gasteiger partial charge on any atom is -0.308 e. The van der Waals surface area contributed by atoms with E-state index in [0.717, 1.165) is 30.1 Å². The van der Waals surface area contributed by atoms with Crippen molar-refractivity contribution in [3.05, 3.63) is 17.5 Å². The second-order valence-electron chi connectivity index (χ2n) is 5.56. The largest absolute Gasteiger partial charge is 0.308 e. The van der Waals surface area contributed by atoms with Crippen molar-refractivity contribution in [3.63, 3.8) is 0 Å². The fraction of sp³-hybridized carbons (Fsp3) is 0.769. The Balaban J connectivity index is 1.59. The van der Waals surface area contributed by atoms with Gasteiger partial charge in [-0.15, -0.1) is 0 Å². The van der Waals surface area contributed by atoms with Gasteiger partial charge in [0.25, 0.3) is 0 Å². The van der Waals surface area contributed by atoms with Gasteiger partial charge in [-0.1, -0.05) is 6.42 Å². The van der Waals surface area contributed by atoms with Crippen LogP contribution in [0.15, 0.2) is 6.07 Å². The Morgan fingerprint density at radius 2 is 2.31 bits per heavy atom. The van der Waals surface area contributed by atoms with Crippen molar-refractivity contribution >= 4 is 0 Å². The van der Waals surface area contributed by atoms with Gasteiger partial charge in [0.05, 0.1) is 11.4 Å². The van der Waals surface area contributed by atoms with Crippen molar-refractivity contribution in [2.24, 2.45) is 18.9 Å². The predicted octanol–water partition coefficient (Wildman–Crippen LogP) is 2.01. The lowest BCUT2D eigenvalue weighted by Crippen LogP contribution is -2.33. The van der Waals surface area contributed by atoms with Gasteiger partial charge in [-0.2, -0.15) is 5.10 Å². The van der Waals surface area contributed by atoms with E-state index in [2.05, 4.69) is 23.4 Å². The first kappa shape index (κ1) is 10.3. The highest BCUT2D eigenvalue weighted by molar-refractivity contribution is 5.08. The van der Waals surface area contributed by atoms with E-state index in [1.54, 1.807) is 0 Å². The van der Waals surface area contributed by atoms with Crippen LogP contribution in [0.2, 0.25) is 0 Å². The van der Waals surface area contributed by atoms with Gasteiger partial charge in [-0.25, -0.2) is 0 Å². The zero-order valence-corrected chi connectivity index (χ0v) is 10.2. The molecular weight excluding hydrogens is 198 g/mol. The molecule has 0 saturated heterocycles. The Morgan fingerprint density at radius 3 is 2.88 bits per heavy atom. The summed E-state index contributed by atoms with van der Waals surface area (Å²) < 4.78 is 2.00. The first-order valence-electron chi connectivity index (χ1n) is 6.45. The monoisotopic (exact) mass is 219 g/mol. The number of nitrogens with one attached hydrogen (secondary N) is 1. The summed E-state index contributed by atoms with van der Waals surface area (Å²) in [5, 5.41) is 8.10. The molecule has 1 aromatic rings. The number of hydrogen-bond donors (Lipinski definition) is 1. The van der Waals surface area contributed by atoms with E-state index in [4.69, 9.17) is 0 Å². The van der Waals surface area contributed by atoms with Crippen LogP contribution < -0.4 is 5.32 Å². The quantitative estimate of drug-likeness (QED) is 0.842. The predicted molar refractivity (Wildman–Crippen MR) is 64.0 cm³/mol. The normalized spacial score (nSPS) is 32.5. The molecule has 1 N–H and O–H groups in total. The average molecular weight is 219 g/mol. The number of rotatable bonds is 3. The first-order valence-corrected chi connectivity index (χ1v) is 6.45. The van der Waals surface area contributed by atoms with Crippen molar-refractivity contribution in [1.29, 1.82) is 0 Å². The molecule has 3 nitrogen and oxygen atoms in total. The third-order valence-corrected chi connectivity index (χ3v) is 4.38. The molecule has 0 aromatic carbocycles. The zero-order chi connectivity index (χ0) is 11.1. The molecule has 3 unspecified atom stereocenters. The Hall–Kier alpha value is -0.830. The topological polar surface area (TPSA) is 29.9 Å². The molecule has 1 heterocycles. The lowest BCUT2D eigenvalue weighted by molar-refractivity contribution is 0.347. The standard InChI is InChI=1S/C13H21N3/c1-9-5-12(16(2)15-9)8-14-13-7-10-3-4-11(13)6-10/h5,10-11,13-14H,3-4,6-8H2,1-2H3. The highest BCUT2D eigenvalue weighted by Gasteiger charge is 2.38. The number of fused-ring (bicyclic) bond motifs is 2. The molecule has 2 aliphatic rings. The number of aromatic nitrogens is 2. The summed E-state index contributed by atoms with van der Waals surface area (Å²) in [6.07, 6.45) is 5.81. The van der Waals surface area contributed by atoms with Crippen LogP contribution in [0.4, 0.5) is 0 Å². The van der Waals surface area contributed by atoms with Crippen LogP contribution >= 0.6 is 0 Å². The van der Waals surface area contributed by atoms with E-state index < -0.39 is 0 Å². The SMILES string of the molecule is Cc1cc(CNC2CC3CCC2C3)n(C)n1. The lowest BCUT2D eigenvalue weighted by atomic mass is 9.95. The third kappa shape index (κ3) is 1.77. The molecule has 0 amide bonds. The molecule has 16 heavy (non-hydrogen) atoms. The molecule has 3 heteroatoms. The van der Waals surface area contributed by atoms with Gasteiger partial charge >= 0.3 is 0 Å². The van der Waals surface area contributed by atoms with Crippen molar-refractivity contribution in [3.8, 4) is 0 Å². The van der Waals surface area contributed by atoms with Crippen molar-refractivity contribution in [1.82, 2.24) is 15.1 Å². The molecule has 0 radical (unpaired) electrons. The summed E-state index contributed by atoms with van der Waals surface area (Å²) >= 11 is 0. The number of nitrogens with zero attached hydrogens (tertiary/aromatic N) is 2. The molecule has 2 saturated carbocycles. The highest BCUT2D eigenvalue weighted by Crippen LogP contribution is 2.44.